The van der Waals surface area contributed by atoms with Crippen LogP contribution >= 0.6 is 15.9 Å². The molecule has 11 heteroatoms. The monoisotopic (exact) mass is 715 g/mol. The lowest BCUT2D eigenvalue weighted by atomic mass is 9.86. The van der Waals surface area contributed by atoms with E-state index in [1.807, 2.05) is 37.8 Å². The van der Waals surface area contributed by atoms with E-state index in [0.717, 1.165) is 31.5 Å². The van der Waals surface area contributed by atoms with Crippen LogP contribution in [0.5, 0.6) is 0 Å². The van der Waals surface area contributed by atoms with Crippen LogP contribution < -0.4 is 15.4 Å². The van der Waals surface area contributed by atoms with E-state index >= 15 is 0 Å². The Morgan fingerprint density at radius 2 is 1.83 bits per heavy atom. The third-order valence-corrected chi connectivity index (χ3v) is 10.3. The fourth-order valence-electron chi connectivity index (χ4n) is 5.84. The molecule has 3 aromatic rings. The van der Waals surface area contributed by atoms with Crippen LogP contribution in [0.25, 0.3) is 0 Å². The maximum Gasteiger partial charge on any atom is 0.281 e. The molecule has 0 radical (unpaired) electrons. The van der Waals surface area contributed by atoms with Crippen molar-refractivity contribution < 1.29 is 17.6 Å². The number of aromatic nitrogens is 2. The highest BCUT2D eigenvalue weighted by atomic mass is 79.9. The maximum absolute atomic E-state index is 15.0. The lowest BCUT2D eigenvalue weighted by Crippen LogP contribution is -2.32. The molecule has 1 aliphatic rings. The van der Waals surface area contributed by atoms with Gasteiger partial charge in [-0.15, -0.1) is 0 Å². The Bertz CT molecular complexity index is 1680. The normalized spacial score (nSPS) is 17.5. The van der Waals surface area contributed by atoms with Crippen LogP contribution in [0.4, 0.5) is 10.2 Å². The van der Waals surface area contributed by atoms with Crippen molar-refractivity contribution in [3.63, 3.8) is 0 Å². The lowest BCUT2D eigenvalue weighted by Gasteiger charge is -2.23. The van der Waals surface area contributed by atoms with Crippen molar-refractivity contribution >= 4 is 37.7 Å². The molecule has 0 saturated carbocycles. The number of anilines is 1. The SMILES string of the molecule is CC1(C)C[C@H](CCC(Cc2cc(C(C)(C)C)ccn2)Nc2cccc(S(=O)(=O)NC(=O)c3cc(Br)c(C(C)(C)C)cc3F)n2)CN1. The quantitative estimate of drug-likeness (QED) is 0.202. The van der Waals surface area contributed by atoms with Crippen molar-refractivity contribution in [3.05, 3.63) is 81.3 Å². The predicted molar refractivity (Wildman–Crippen MR) is 185 cm³/mol. The highest BCUT2D eigenvalue weighted by Crippen LogP contribution is 2.32. The van der Waals surface area contributed by atoms with Crippen molar-refractivity contribution in [1.82, 2.24) is 20.0 Å². The summed E-state index contributed by atoms with van der Waals surface area (Å²) in [5.41, 5.74) is 2.11. The maximum atomic E-state index is 15.0. The van der Waals surface area contributed by atoms with E-state index in [9.17, 15) is 17.6 Å². The molecule has 250 valence electrons. The first-order valence-electron chi connectivity index (χ1n) is 15.7. The second kappa shape index (κ2) is 13.7. The minimum absolute atomic E-state index is 0.0238. The summed E-state index contributed by atoms with van der Waals surface area (Å²) in [6.45, 7) is 17.6. The Morgan fingerprint density at radius 3 is 2.46 bits per heavy atom. The molecule has 1 saturated heterocycles. The molecule has 8 nitrogen and oxygen atoms in total. The molecule has 2 aromatic heterocycles. The number of amides is 1. The predicted octanol–water partition coefficient (Wildman–Crippen LogP) is 7.28. The summed E-state index contributed by atoms with van der Waals surface area (Å²) in [6, 6.07) is 11.2. The number of nitrogens with zero attached hydrogens (tertiary/aromatic N) is 2. The fraction of sp³-hybridized carbons (Fsp3) is 0.514. The second-order valence-corrected chi connectivity index (χ2v) is 17.6. The van der Waals surface area contributed by atoms with Gasteiger partial charge in [-0.05, 0) is 104 Å². The number of hydrogen-bond acceptors (Lipinski definition) is 7. The number of carbonyl (C=O) groups excluding carboxylic acids is 1. The summed E-state index contributed by atoms with van der Waals surface area (Å²) < 4.78 is 44.1. The highest BCUT2D eigenvalue weighted by Gasteiger charge is 2.31. The summed E-state index contributed by atoms with van der Waals surface area (Å²) in [5.74, 6) is -0.992. The number of hydrogen-bond donors (Lipinski definition) is 3. The minimum atomic E-state index is -4.41. The zero-order valence-corrected chi connectivity index (χ0v) is 30.5. The smallest absolute Gasteiger partial charge is 0.281 e. The molecule has 3 heterocycles. The number of benzene rings is 1. The Morgan fingerprint density at radius 1 is 1.11 bits per heavy atom. The summed E-state index contributed by atoms with van der Waals surface area (Å²) in [6.07, 6.45) is 5.36. The molecule has 0 spiro atoms. The van der Waals surface area contributed by atoms with Crippen LogP contribution in [0.15, 0.2) is 58.2 Å². The summed E-state index contributed by atoms with van der Waals surface area (Å²) in [5, 5.41) is 6.70. The van der Waals surface area contributed by atoms with E-state index in [0.29, 0.717) is 28.2 Å². The van der Waals surface area contributed by atoms with Crippen LogP contribution in [0.3, 0.4) is 0 Å². The average Bonchev–Trinajstić information content (AvgIpc) is 3.30. The van der Waals surface area contributed by atoms with E-state index in [1.165, 1.54) is 23.8 Å². The van der Waals surface area contributed by atoms with Crippen molar-refractivity contribution in [1.29, 1.82) is 0 Å². The number of pyridine rings is 2. The summed E-state index contributed by atoms with van der Waals surface area (Å²) in [4.78, 5) is 22.0. The number of carbonyl (C=O) groups is 1. The first kappa shape index (κ1) is 36.0. The van der Waals surface area contributed by atoms with E-state index in [1.54, 1.807) is 12.1 Å². The van der Waals surface area contributed by atoms with Crippen LogP contribution in [-0.4, -0.2) is 42.4 Å². The van der Waals surface area contributed by atoms with Gasteiger partial charge in [0.1, 0.15) is 11.6 Å². The Balaban J connectivity index is 1.54. The highest BCUT2D eigenvalue weighted by molar-refractivity contribution is 9.10. The minimum Gasteiger partial charge on any atom is -0.367 e. The van der Waals surface area contributed by atoms with Crippen molar-refractivity contribution in [2.75, 3.05) is 11.9 Å². The second-order valence-electron chi connectivity index (χ2n) is 15.1. The van der Waals surface area contributed by atoms with Crippen LogP contribution in [0, 0.1) is 11.7 Å². The van der Waals surface area contributed by atoms with Gasteiger partial charge in [0.05, 0.1) is 5.56 Å². The number of rotatable bonds is 10. The molecule has 1 aromatic carbocycles. The molecule has 0 aliphatic carbocycles. The molecule has 0 bridgehead atoms. The van der Waals surface area contributed by atoms with Gasteiger partial charge >= 0.3 is 0 Å². The van der Waals surface area contributed by atoms with Gasteiger partial charge in [-0.1, -0.05) is 63.5 Å². The zero-order valence-electron chi connectivity index (χ0n) is 28.1. The van der Waals surface area contributed by atoms with Crippen LogP contribution in [-0.2, 0) is 27.3 Å². The number of halogens is 2. The van der Waals surface area contributed by atoms with Crippen LogP contribution in [0.1, 0.15) is 102 Å². The van der Waals surface area contributed by atoms with E-state index in [4.69, 9.17) is 0 Å². The first-order valence-corrected chi connectivity index (χ1v) is 18.0. The molecule has 4 rings (SSSR count). The van der Waals surface area contributed by atoms with Gasteiger partial charge in [0.2, 0.25) is 0 Å². The zero-order chi connectivity index (χ0) is 34.1. The standard InChI is InChI=1S/C35H47BrFN5O3S/c1-33(2,3)23-14-15-38-25(16-23)17-24(13-12-22-20-35(7,8)39-21-22)40-30-10-9-11-31(41-30)46(44,45)42-32(43)26-18-28(36)27(19-29(26)37)34(4,5)6/h9-11,14-16,18-19,22,24,39H,12-13,17,20-21H2,1-8H3,(H,40,41)(H,42,43)/t22-,24?/m0/s1. The van der Waals surface area contributed by atoms with Gasteiger partial charge in [-0.2, -0.15) is 8.42 Å². The largest absolute Gasteiger partial charge is 0.367 e. The van der Waals surface area contributed by atoms with Gasteiger partial charge in [-0.3, -0.25) is 9.78 Å². The average molecular weight is 717 g/mol. The first-order chi connectivity index (χ1) is 21.2. The summed E-state index contributed by atoms with van der Waals surface area (Å²) >= 11 is 3.39. The third kappa shape index (κ3) is 9.35. The Hall–Kier alpha value is -2.89. The fourth-order valence-corrected chi connectivity index (χ4v) is 7.71. The molecule has 1 amide bonds. The van der Waals surface area contributed by atoms with E-state index in [-0.39, 0.29) is 33.0 Å². The van der Waals surface area contributed by atoms with E-state index < -0.39 is 21.7 Å². The Labute approximate surface area is 282 Å². The van der Waals surface area contributed by atoms with Crippen molar-refractivity contribution in [2.45, 2.75) is 109 Å². The molecule has 1 fully saturated rings. The van der Waals surface area contributed by atoms with Crippen molar-refractivity contribution in [2.24, 2.45) is 5.92 Å². The lowest BCUT2D eigenvalue weighted by molar-refractivity contribution is 0.0977. The molecule has 3 N–H and O–H groups in total. The van der Waals surface area contributed by atoms with Gasteiger partial charge in [0.15, 0.2) is 5.03 Å². The third-order valence-electron chi connectivity index (χ3n) is 8.42. The summed E-state index contributed by atoms with van der Waals surface area (Å²) in [7, 11) is -4.41. The number of sulfonamides is 1. The molecular formula is C35H47BrFN5O3S. The van der Waals surface area contributed by atoms with Gasteiger partial charge in [0.25, 0.3) is 15.9 Å². The molecular weight excluding hydrogens is 669 g/mol. The van der Waals surface area contributed by atoms with Gasteiger partial charge < -0.3 is 10.6 Å². The van der Waals surface area contributed by atoms with Crippen LogP contribution in [0.2, 0.25) is 0 Å². The number of nitrogens with one attached hydrogen (secondary N) is 3. The van der Waals surface area contributed by atoms with Gasteiger partial charge in [0, 0.05) is 34.4 Å². The molecule has 1 aliphatic heterocycles. The molecule has 46 heavy (non-hydrogen) atoms. The Kier molecular flexibility index (Phi) is 10.7. The van der Waals surface area contributed by atoms with E-state index in [2.05, 4.69) is 77.2 Å². The molecule has 1 unspecified atom stereocenters. The molecule has 2 atom stereocenters. The van der Waals surface area contributed by atoms with Crippen molar-refractivity contribution in [3.8, 4) is 0 Å². The topological polar surface area (TPSA) is 113 Å². The van der Waals surface area contributed by atoms with Gasteiger partial charge in [-0.25, -0.2) is 14.1 Å².